The van der Waals surface area contributed by atoms with E-state index in [4.69, 9.17) is 9.47 Å². The van der Waals surface area contributed by atoms with E-state index in [-0.39, 0.29) is 5.91 Å². The minimum Gasteiger partial charge on any atom is -0.497 e. The summed E-state index contributed by atoms with van der Waals surface area (Å²) in [4.78, 5) is 22.6. The summed E-state index contributed by atoms with van der Waals surface area (Å²) < 4.78 is 10.8. The van der Waals surface area contributed by atoms with Gasteiger partial charge >= 0.3 is 0 Å². The van der Waals surface area contributed by atoms with E-state index in [1.807, 2.05) is 18.0 Å². The van der Waals surface area contributed by atoms with Crippen molar-refractivity contribution in [1.82, 2.24) is 25.3 Å². The SMILES string of the molecule is CN=C(NCCN1CCN(C(C)=O)CC1)NC1CCN(Cc2cc(OC)cc(OC)c2)C1. The molecule has 3 rings (SSSR count). The van der Waals surface area contributed by atoms with E-state index in [2.05, 4.69) is 37.6 Å². The third kappa shape index (κ3) is 7.00. The number of nitrogens with zero attached hydrogens (tertiary/aromatic N) is 4. The van der Waals surface area contributed by atoms with Gasteiger partial charge in [-0.1, -0.05) is 0 Å². The lowest BCUT2D eigenvalue weighted by molar-refractivity contribution is -0.130. The molecule has 178 valence electrons. The van der Waals surface area contributed by atoms with Crippen LogP contribution in [-0.4, -0.2) is 106 Å². The van der Waals surface area contributed by atoms with Gasteiger partial charge in [-0.25, -0.2) is 0 Å². The molecule has 0 aliphatic carbocycles. The highest BCUT2D eigenvalue weighted by Gasteiger charge is 2.24. The molecule has 0 spiro atoms. The van der Waals surface area contributed by atoms with E-state index in [0.717, 1.165) is 82.8 Å². The number of likely N-dealkylation sites (tertiary alicyclic amines) is 1. The van der Waals surface area contributed by atoms with E-state index in [1.54, 1.807) is 21.1 Å². The van der Waals surface area contributed by atoms with Crippen molar-refractivity contribution in [3.05, 3.63) is 23.8 Å². The summed E-state index contributed by atoms with van der Waals surface area (Å²) in [5, 5.41) is 7.00. The molecule has 0 saturated carbocycles. The molecular formula is C23H38N6O3. The van der Waals surface area contributed by atoms with Crippen LogP contribution in [-0.2, 0) is 11.3 Å². The number of guanidine groups is 1. The first-order valence-electron chi connectivity index (χ1n) is 11.4. The molecule has 32 heavy (non-hydrogen) atoms. The Labute approximate surface area is 191 Å². The van der Waals surface area contributed by atoms with Crippen molar-refractivity contribution in [3.8, 4) is 11.5 Å². The number of ether oxygens (including phenoxy) is 2. The van der Waals surface area contributed by atoms with Gasteiger partial charge in [0.25, 0.3) is 0 Å². The van der Waals surface area contributed by atoms with E-state index < -0.39 is 0 Å². The van der Waals surface area contributed by atoms with Gasteiger partial charge in [-0.2, -0.15) is 0 Å². The molecule has 2 aliphatic rings. The molecule has 1 unspecified atom stereocenters. The monoisotopic (exact) mass is 446 g/mol. The number of benzene rings is 1. The molecule has 2 N–H and O–H groups in total. The zero-order chi connectivity index (χ0) is 22.9. The molecule has 2 aliphatic heterocycles. The van der Waals surface area contributed by atoms with Gasteiger partial charge in [0.1, 0.15) is 11.5 Å². The molecule has 9 heteroatoms. The quantitative estimate of drug-likeness (QED) is 0.447. The van der Waals surface area contributed by atoms with Crippen molar-refractivity contribution in [2.45, 2.75) is 25.9 Å². The standard InChI is InChI=1S/C23H38N6O3/c1-18(30)29-11-9-27(10-12-29)8-6-25-23(24-2)26-20-5-7-28(17-20)16-19-13-21(31-3)15-22(14-19)32-4/h13-15,20H,5-12,16-17H2,1-4H3,(H2,24,25,26). The third-order valence-corrected chi connectivity index (χ3v) is 6.19. The average Bonchev–Trinajstić information content (AvgIpc) is 3.24. The molecule has 2 heterocycles. The zero-order valence-electron chi connectivity index (χ0n) is 19.9. The van der Waals surface area contributed by atoms with Gasteiger partial charge in [-0.3, -0.25) is 19.6 Å². The Morgan fingerprint density at radius 1 is 1.06 bits per heavy atom. The Morgan fingerprint density at radius 3 is 2.34 bits per heavy atom. The smallest absolute Gasteiger partial charge is 0.219 e. The van der Waals surface area contributed by atoms with E-state index in [9.17, 15) is 4.79 Å². The fourth-order valence-corrected chi connectivity index (χ4v) is 4.32. The van der Waals surface area contributed by atoms with Gasteiger partial charge in [-0.15, -0.1) is 0 Å². The van der Waals surface area contributed by atoms with Crippen LogP contribution in [0.4, 0.5) is 0 Å². The van der Waals surface area contributed by atoms with Crippen molar-refractivity contribution in [1.29, 1.82) is 0 Å². The highest BCUT2D eigenvalue weighted by Crippen LogP contribution is 2.24. The summed E-state index contributed by atoms with van der Waals surface area (Å²) in [6.07, 6.45) is 1.08. The maximum Gasteiger partial charge on any atom is 0.219 e. The summed E-state index contributed by atoms with van der Waals surface area (Å²) in [5.74, 6) is 2.66. The Morgan fingerprint density at radius 2 is 1.75 bits per heavy atom. The highest BCUT2D eigenvalue weighted by molar-refractivity contribution is 5.80. The summed E-state index contributed by atoms with van der Waals surface area (Å²) in [6.45, 7) is 9.79. The van der Waals surface area contributed by atoms with Crippen LogP contribution in [0.15, 0.2) is 23.2 Å². The van der Waals surface area contributed by atoms with Crippen molar-refractivity contribution >= 4 is 11.9 Å². The Kier molecular flexibility index (Phi) is 8.99. The van der Waals surface area contributed by atoms with Crippen molar-refractivity contribution in [2.24, 2.45) is 4.99 Å². The van der Waals surface area contributed by atoms with Crippen molar-refractivity contribution < 1.29 is 14.3 Å². The van der Waals surface area contributed by atoms with Gasteiger partial charge in [-0.05, 0) is 24.1 Å². The van der Waals surface area contributed by atoms with Crippen molar-refractivity contribution in [3.63, 3.8) is 0 Å². The Hall–Kier alpha value is -2.52. The highest BCUT2D eigenvalue weighted by atomic mass is 16.5. The number of rotatable bonds is 8. The van der Waals surface area contributed by atoms with E-state index in [1.165, 1.54) is 5.56 Å². The predicted octanol–water partition coefficient (Wildman–Crippen LogP) is 0.607. The minimum atomic E-state index is 0.170. The lowest BCUT2D eigenvalue weighted by Crippen LogP contribution is -2.51. The second-order valence-corrected chi connectivity index (χ2v) is 8.43. The summed E-state index contributed by atoms with van der Waals surface area (Å²) in [5.41, 5.74) is 1.19. The minimum absolute atomic E-state index is 0.170. The van der Waals surface area contributed by atoms with Crippen LogP contribution < -0.4 is 20.1 Å². The molecule has 1 aromatic rings. The number of methoxy groups -OCH3 is 2. The number of piperazine rings is 1. The van der Waals surface area contributed by atoms with E-state index >= 15 is 0 Å². The molecule has 0 bridgehead atoms. The van der Waals surface area contributed by atoms with E-state index in [0.29, 0.717) is 6.04 Å². The number of amides is 1. The normalized spacial score (nSPS) is 20.3. The summed E-state index contributed by atoms with van der Waals surface area (Å²) in [6, 6.07) is 6.41. The molecule has 0 aromatic heterocycles. The second kappa shape index (κ2) is 11.9. The molecule has 1 atom stereocenters. The van der Waals surface area contributed by atoms with Gasteiger partial charge in [0.2, 0.25) is 5.91 Å². The van der Waals surface area contributed by atoms with Crippen LogP contribution in [0.25, 0.3) is 0 Å². The van der Waals surface area contributed by atoms with Gasteiger partial charge in [0.15, 0.2) is 5.96 Å². The fraction of sp³-hybridized carbons (Fsp3) is 0.652. The maximum absolute atomic E-state index is 11.5. The summed E-state index contributed by atoms with van der Waals surface area (Å²) >= 11 is 0. The lowest BCUT2D eigenvalue weighted by atomic mass is 10.2. The third-order valence-electron chi connectivity index (χ3n) is 6.19. The Balaban J connectivity index is 1.39. The largest absolute Gasteiger partial charge is 0.497 e. The van der Waals surface area contributed by atoms with Gasteiger partial charge in [0.05, 0.1) is 14.2 Å². The van der Waals surface area contributed by atoms with Crippen LogP contribution in [0.3, 0.4) is 0 Å². The van der Waals surface area contributed by atoms with Gasteiger partial charge in [0, 0.05) is 85.0 Å². The molecule has 9 nitrogen and oxygen atoms in total. The first kappa shape index (κ1) is 24.1. The molecule has 0 radical (unpaired) electrons. The molecule has 1 amide bonds. The first-order chi connectivity index (χ1) is 15.5. The van der Waals surface area contributed by atoms with Gasteiger partial charge < -0.3 is 25.0 Å². The molecule has 2 fully saturated rings. The van der Waals surface area contributed by atoms with Crippen LogP contribution in [0, 0.1) is 0 Å². The Bertz CT molecular complexity index is 757. The second-order valence-electron chi connectivity index (χ2n) is 8.43. The maximum atomic E-state index is 11.5. The van der Waals surface area contributed by atoms with Crippen LogP contribution in [0.2, 0.25) is 0 Å². The fourth-order valence-electron chi connectivity index (χ4n) is 4.32. The average molecular weight is 447 g/mol. The number of nitrogens with one attached hydrogen (secondary N) is 2. The lowest BCUT2D eigenvalue weighted by Gasteiger charge is -2.34. The number of carbonyl (C=O) groups excluding carboxylic acids is 1. The van der Waals surface area contributed by atoms with Crippen LogP contribution >= 0.6 is 0 Å². The molecular weight excluding hydrogens is 408 g/mol. The van der Waals surface area contributed by atoms with Crippen LogP contribution in [0.5, 0.6) is 11.5 Å². The molecule has 1 aromatic carbocycles. The number of hydrogen-bond donors (Lipinski definition) is 2. The summed E-state index contributed by atoms with van der Waals surface area (Å²) in [7, 11) is 5.17. The number of aliphatic imine (C=N–C) groups is 1. The zero-order valence-corrected chi connectivity index (χ0v) is 19.9. The number of hydrogen-bond acceptors (Lipinski definition) is 6. The number of carbonyl (C=O) groups is 1. The molecule has 2 saturated heterocycles. The van der Waals surface area contributed by atoms with Crippen LogP contribution in [0.1, 0.15) is 18.9 Å². The topological polar surface area (TPSA) is 81.7 Å². The first-order valence-corrected chi connectivity index (χ1v) is 11.4. The predicted molar refractivity (Wildman–Crippen MR) is 126 cm³/mol. The van der Waals surface area contributed by atoms with Crippen molar-refractivity contribution in [2.75, 3.05) is 73.6 Å².